The monoisotopic (exact) mass is 354 g/mol. The van der Waals surface area contributed by atoms with Crippen LogP contribution >= 0.6 is 11.3 Å². The Morgan fingerprint density at radius 1 is 1.20 bits per heavy atom. The number of nitrogens with zero attached hydrogens (tertiary/aromatic N) is 3. The first kappa shape index (κ1) is 17.0. The van der Waals surface area contributed by atoms with Gasteiger partial charge in [0.1, 0.15) is 9.88 Å². The summed E-state index contributed by atoms with van der Waals surface area (Å²) in [6, 6.07) is 9.33. The third-order valence-corrected chi connectivity index (χ3v) is 4.64. The number of thiazole rings is 1. The van der Waals surface area contributed by atoms with Crippen LogP contribution in [0.2, 0.25) is 0 Å². The molecule has 0 saturated carbocycles. The van der Waals surface area contributed by atoms with Gasteiger partial charge in [-0.2, -0.15) is 0 Å². The number of pyridine rings is 2. The number of rotatable bonds is 6. The lowest BCUT2D eigenvalue weighted by atomic mass is 10.2. The Hall–Kier alpha value is -2.80. The highest BCUT2D eigenvalue weighted by Crippen LogP contribution is 2.26. The van der Waals surface area contributed by atoms with Crippen LogP contribution in [0.1, 0.15) is 27.9 Å². The van der Waals surface area contributed by atoms with Crippen molar-refractivity contribution in [2.24, 2.45) is 0 Å². The molecule has 3 aromatic heterocycles. The molecule has 25 heavy (non-hydrogen) atoms. The number of amides is 1. The average Bonchev–Trinajstić information content (AvgIpc) is 3.04. The molecule has 0 saturated heterocycles. The van der Waals surface area contributed by atoms with Gasteiger partial charge in [-0.05, 0) is 32.0 Å². The van der Waals surface area contributed by atoms with Gasteiger partial charge in [0.05, 0.1) is 18.0 Å². The summed E-state index contributed by atoms with van der Waals surface area (Å²) in [5, 5.41) is 3.65. The zero-order valence-corrected chi connectivity index (χ0v) is 14.8. The molecular formula is C18H18N4O2S. The molecule has 0 spiro atoms. The number of aryl methyl sites for hydroxylation is 1. The van der Waals surface area contributed by atoms with Crippen LogP contribution in [0.15, 0.2) is 42.7 Å². The number of hydrogen-bond acceptors (Lipinski definition) is 6. The van der Waals surface area contributed by atoms with Crippen molar-refractivity contribution in [3.63, 3.8) is 0 Å². The van der Waals surface area contributed by atoms with Gasteiger partial charge in [-0.25, -0.2) is 9.97 Å². The quantitative estimate of drug-likeness (QED) is 0.735. The third-order valence-electron chi connectivity index (χ3n) is 3.46. The maximum absolute atomic E-state index is 12.5. The van der Waals surface area contributed by atoms with Crippen LogP contribution in [0.4, 0.5) is 0 Å². The SMILES string of the molecule is CCOc1ncccc1CNC(=O)c1sc(-c2ccccn2)nc1C. The Bertz CT molecular complexity index is 865. The van der Waals surface area contributed by atoms with Crippen LogP contribution < -0.4 is 10.1 Å². The predicted molar refractivity (Wildman–Crippen MR) is 96.7 cm³/mol. The molecule has 0 fully saturated rings. The second-order valence-electron chi connectivity index (χ2n) is 5.23. The topological polar surface area (TPSA) is 77.0 Å². The molecule has 3 aromatic rings. The molecular weight excluding hydrogens is 336 g/mol. The summed E-state index contributed by atoms with van der Waals surface area (Å²) in [6.07, 6.45) is 3.38. The zero-order chi connectivity index (χ0) is 17.6. The fraction of sp³-hybridized carbons (Fsp3) is 0.222. The van der Waals surface area contributed by atoms with E-state index < -0.39 is 0 Å². The maximum Gasteiger partial charge on any atom is 0.263 e. The van der Waals surface area contributed by atoms with Gasteiger partial charge in [0.2, 0.25) is 5.88 Å². The van der Waals surface area contributed by atoms with E-state index in [1.807, 2.05) is 44.2 Å². The molecule has 0 aliphatic rings. The summed E-state index contributed by atoms with van der Waals surface area (Å²) in [5.74, 6) is 0.379. The summed E-state index contributed by atoms with van der Waals surface area (Å²) < 4.78 is 5.48. The van der Waals surface area contributed by atoms with Gasteiger partial charge in [-0.3, -0.25) is 9.78 Å². The van der Waals surface area contributed by atoms with Crippen molar-refractivity contribution in [2.45, 2.75) is 20.4 Å². The minimum Gasteiger partial charge on any atom is -0.478 e. The van der Waals surface area contributed by atoms with Crippen molar-refractivity contribution in [1.29, 1.82) is 0 Å². The molecule has 0 radical (unpaired) electrons. The molecule has 7 heteroatoms. The molecule has 1 amide bonds. The standard InChI is InChI=1S/C18H18N4O2S/c1-3-24-17-13(7-6-10-20-17)11-21-16(23)15-12(2)22-18(25-15)14-8-4-5-9-19-14/h4-10H,3,11H2,1-2H3,(H,21,23). The van der Waals surface area contributed by atoms with Crippen LogP contribution in [0.25, 0.3) is 10.7 Å². The number of hydrogen-bond donors (Lipinski definition) is 1. The van der Waals surface area contributed by atoms with Crippen LogP contribution in [-0.2, 0) is 6.54 Å². The molecule has 0 aliphatic heterocycles. The average molecular weight is 354 g/mol. The van der Waals surface area contributed by atoms with E-state index in [1.165, 1.54) is 11.3 Å². The van der Waals surface area contributed by atoms with Gasteiger partial charge >= 0.3 is 0 Å². The fourth-order valence-electron chi connectivity index (χ4n) is 2.29. The summed E-state index contributed by atoms with van der Waals surface area (Å²) in [7, 11) is 0. The Morgan fingerprint density at radius 3 is 2.80 bits per heavy atom. The van der Waals surface area contributed by atoms with Crippen molar-refractivity contribution in [3.05, 3.63) is 58.9 Å². The highest BCUT2D eigenvalue weighted by molar-refractivity contribution is 7.17. The number of ether oxygens (including phenoxy) is 1. The lowest BCUT2D eigenvalue weighted by Gasteiger charge is -2.09. The highest BCUT2D eigenvalue weighted by atomic mass is 32.1. The first-order valence-corrected chi connectivity index (χ1v) is 8.74. The van der Waals surface area contributed by atoms with Gasteiger partial charge in [-0.15, -0.1) is 11.3 Å². The maximum atomic E-state index is 12.5. The first-order valence-electron chi connectivity index (χ1n) is 7.92. The molecule has 6 nitrogen and oxygen atoms in total. The van der Waals surface area contributed by atoms with E-state index in [4.69, 9.17) is 4.74 Å². The van der Waals surface area contributed by atoms with Gasteiger partial charge < -0.3 is 10.1 Å². The lowest BCUT2D eigenvalue weighted by Crippen LogP contribution is -2.23. The Labute approximate surface area is 149 Å². The molecule has 0 atom stereocenters. The third kappa shape index (κ3) is 4.00. The lowest BCUT2D eigenvalue weighted by molar-refractivity contribution is 0.0954. The minimum absolute atomic E-state index is 0.163. The second kappa shape index (κ2) is 7.85. The molecule has 0 aromatic carbocycles. The van der Waals surface area contributed by atoms with Crippen molar-refractivity contribution >= 4 is 17.2 Å². The molecule has 0 bridgehead atoms. The number of carbonyl (C=O) groups excluding carboxylic acids is 1. The fourth-order valence-corrected chi connectivity index (χ4v) is 3.25. The molecule has 3 heterocycles. The van der Waals surface area contributed by atoms with E-state index >= 15 is 0 Å². The van der Waals surface area contributed by atoms with E-state index in [0.717, 1.165) is 16.3 Å². The van der Waals surface area contributed by atoms with Gasteiger partial charge in [0.25, 0.3) is 5.91 Å². The summed E-state index contributed by atoms with van der Waals surface area (Å²) in [5.41, 5.74) is 2.30. The molecule has 128 valence electrons. The Balaban J connectivity index is 1.73. The van der Waals surface area contributed by atoms with E-state index in [1.54, 1.807) is 12.4 Å². The van der Waals surface area contributed by atoms with Crippen molar-refractivity contribution in [2.75, 3.05) is 6.61 Å². The molecule has 0 unspecified atom stereocenters. The van der Waals surface area contributed by atoms with E-state index in [-0.39, 0.29) is 5.91 Å². The van der Waals surface area contributed by atoms with Gasteiger partial charge in [0, 0.05) is 24.5 Å². The molecule has 0 aliphatic carbocycles. The van der Waals surface area contributed by atoms with E-state index in [0.29, 0.717) is 29.6 Å². The molecule has 3 rings (SSSR count). The van der Waals surface area contributed by atoms with Crippen molar-refractivity contribution in [1.82, 2.24) is 20.3 Å². The highest BCUT2D eigenvalue weighted by Gasteiger charge is 2.17. The molecule has 1 N–H and O–H groups in total. The minimum atomic E-state index is -0.163. The van der Waals surface area contributed by atoms with Crippen LogP contribution in [0, 0.1) is 6.92 Å². The van der Waals surface area contributed by atoms with E-state index in [9.17, 15) is 4.79 Å². The predicted octanol–water partition coefficient (Wildman–Crippen LogP) is 3.24. The second-order valence-corrected chi connectivity index (χ2v) is 6.23. The Morgan fingerprint density at radius 2 is 2.04 bits per heavy atom. The largest absolute Gasteiger partial charge is 0.478 e. The van der Waals surface area contributed by atoms with Gasteiger partial charge in [-0.1, -0.05) is 12.1 Å². The summed E-state index contributed by atoms with van der Waals surface area (Å²) >= 11 is 1.34. The number of nitrogens with one attached hydrogen (secondary N) is 1. The number of carbonyl (C=O) groups is 1. The first-order chi connectivity index (χ1) is 12.2. The van der Waals surface area contributed by atoms with E-state index in [2.05, 4.69) is 20.3 Å². The number of aromatic nitrogens is 3. The zero-order valence-electron chi connectivity index (χ0n) is 14.0. The van der Waals surface area contributed by atoms with Crippen molar-refractivity contribution < 1.29 is 9.53 Å². The van der Waals surface area contributed by atoms with Crippen LogP contribution in [-0.4, -0.2) is 27.5 Å². The Kier molecular flexibility index (Phi) is 5.35. The summed E-state index contributed by atoms with van der Waals surface area (Å²) in [4.78, 5) is 26.0. The van der Waals surface area contributed by atoms with Gasteiger partial charge in [0.15, 0.2) is 0 Å². The van der Waals surface area contributed by atoms with Crippen molar-refractivity contribution in [3.8, 4) is 16.6 Å². The summed E-state index contributed by atoms with van der Waals surface area (Å²) in [6.45, 7) is 4.60. The smallest absolute Gasteiger partial charge is 0.263 e. The van der Waals surface area contributed by atoms with Crippen LogP contribution in [0.5, 0.6) is 5.88 Å². The van der Waals surface area contributed by atoms with Crippen LogP contribution in [0.3, 0.4) is 0 Å². The normalized spacial score (nSPS) is 10.5.